The van der Waals surface area contributed by atoms with Crippen molar-refractivity contribution in [3.05, 3.63) is 48.9 Å². The fourth-order valence-corrected chi connectivity index (χ4v) is 8.48. The second-order valence-electron chi connectivity index (χ2n) is 19.5. The molecule has 4 rings (SSSR count). The van der Waals surface area contributed by atoms with Gasteiger partial charge in [-0.3, -0.25) is 9.59 Å². The lowest BCUT2D eigenvalue weighted by molar-refractivity contribution is -0.138. The van der Waals surface area contributed by atoms with Crippen LogP contribution in [-0.4, -0.2) is 54.9 Å². The molecule has 0 aromatic heterocycles. The average Bonchev–Trinajstić information content (AvgIpc) is 4.01. The maximum absolute atomic E-state index is 14.3. The molecule has 1 saturated heterocycles. The molecule has 1 aliphatic heterocycles. The number of Topliss-reactive ketones (excluding diaryl/α,β-unsaturated/α-hetero) is 1. The van der Waals surface area contributed by atoms with Gasteiger partial charge in [0.15, 0.2) is 5.78 Å². The van der Waals surface area contributed by atoms with Gasteiger partial charge in [0.05, 0.1) is 11.9 Å². The lowest BCUT2D eigenvalue weighted by Gasteiger charge is -2.44. The third-order valence-electron chi connectivity index (χ3n) is 12.7. The Hall–Kier alpha value is -2.34. The molecule has 0 radical (unpaired) electrons. The molecule has 326 valence electrons. The zero-order valence-electron chi connectivity index (χ0n) is 40.0. The van der Waals surface area contributed by atoms with Gasteiger partial charge in [-0.05, 0) is 106 Å². The maximum Gasteiger partial charge on any atom is 0.246 e. The third kappa shape index (κ3) is 17.3. The minimum absolute atomic E-state index is 0.0706. The number of piperidine rings is 1. The normalized spacial score (nSPS) is 22.8. The number of carbonyl (C=O) groups excluding carboxylic acids is 2. The number of rotatable bonds is 16. The molecule has 6 nitrogen and oxygen atoms in total. The first-order chi connectivity index (χ1) is 26.0. The number of allylic oxidation sites excluding steroid dienone is 2. The van der Waals surface area contributed by atoms with Gasteiger partial charge in [0.2, 0.25) is 5.91 Å². The third-order valence-corrected chi connectivity index (χ3v) is 12.7. The van der Waals surface area contributed by atoms with E-state index in [1.165, 1.54) is 44.1 Å². The molecule has 3 N–H and O–H groups in total. The Bertz CT molecular complexity index is 1230. The molecule has 0 spiro atoms. The first-order valence-corrected chi connectivity index (χ1v) is 22.7. The number of amides is 1. The van der Waals surface area contributed by atoms with Crippen molar-refractivity contribution in [3.63, 3.8) is 0 Å². The van der Waals surface area contributed by atoms with E-state index in [9.17, 15) is 9.59 Å². The number of nitrogens with zero attached hydrogens (tertiary/aromatic N) is 1. The Morgan fingerprint density at radius 2 is 1.41 bits per heavy atom. The van der Waals surface area contributed by atoms with Gasteiger partial charge >= 0.3 is 0 Å². The summed E-state index contributed by atoms with van der Waals surface area (Å²) in [5.41, 5.74) is 3.31. The molecular weight excluding hydrogens is 689 g/mol. The number of carbonyl (C=O) groups is 2. The molecule has 3 saturated carbocycles. The number of ketones is 1. The molecule has 4 fully saturated rings. The SMILES string of the molecule is C=C(C)C(=O)C(C)CCC.C=C(C)CCC(NC(=C)NC(C(=O)N1C[C@H]2[C@@H](C1C(=C)C)C2(C)C)C1(C)CCCCC1)C(C)(C)C.CC.CCC1CC1.CCNC. The summed E-state index contributed by atoms with van der Waals surface area (Å²) in [6, 6.07) is 0.127. The zero-order chi connectivity index (χ0) is 43.6. The number of hydrogen-bond donors (Lipinski definition) is 3. The molecule has 4 aliphatic rings. The highest BCUT2D eigenvalue weighted by molar-refractivity contribution is 5.95. The van der Waals surface area contributed by atoms with E-state index in [2.05, 4.69) is 123 Å². The Balaban J connectivity index is 0.00000117. The van der Waals surface area contributed by atoms with Crippen molar-refractivity contribution in [1.82, 2.24) is 20.9 Å². The van der Waals surface area contributed by atoms with Gasteiger partial charge in [-0.1, -0.05) is 159 Å². The smallest absolute Gasteiger partial charge is 0.246 e. The van der Waals surface area contributed by atoms with E-state index in [1.807, 2.05) is 27.8 Å². The van der Waals surface area contributed by atoms with E-state index in [0.29, 0.717) is 22.8 Å². The highest BCUT2D eigenvalue weighted by Crippen LogP contribution is 2.66. The molecule has 4 unspecified atom stereocenters. The Kier molecular flexibility index (Phi) is 24.2. The van der Waals surface area contributed by atoms with E-state index >= 15 is 0 Å². The van der Waals surface area contributed by atoms with Crippen molar-refractivity contribution in [1.29, 1.82) is 0 Å². The molecule has 1 heterocycles. The van der Waals surface area contributed by atoms with E-state index in [1.54, 1.807) is 6.92 Å². The van der Waals surface area contributed by atoms with Crippen LogP contribution in [0.1, 0.15) is 181 Å². The number of hydrogen-bond acceptors (Lipinski definition) is 5. The maximum atomic E-state index is 14.3. The lowest BCUT2D eigenvalue weighted by atomic mass is 9.70. The Labute approximate surface area is 349 Å². The molecule has 3 aliphatic carbocycles. The van der Waals surface area contributed by atoms with E-state index < -0.39 is 0 Å². The quantitative estimate of drug-likeness (QED) is 0.107. The first kappa shape index (κ1) is 53.7. The van der Waals surface area contributed by atoms with Crippen LogP contribution in [0.15, 0.2) is 48.9 Å². The monoisotopic (exact) mass is 783 g/mol. The Morgan fingerprint density at radius 3 is 1.79 bits per heavy atom. The largest absolute Gasteiger partial charge is 0.369 e. The van der Waals surface area contributed by atoms with Crippen molar-refractivity contribution < 1.29 is 9.59 Å². The van der Waals surface area contributed by atoms with Crippen LogP contribution < -0.4 is 16.0 Å². The molecular formula is C50H94N4O2. The predicted octanol–water partition coefficient (Wildman–Crippen LogP) is 12.4. The van der Waals surface area contributed by atoms with E-state index in [4.69, 9.17) is 0 Å². The van der Waals surface area contributed by atoms with Crippen molar-refractivity contribution in [2.75, 3.05) is 20.1 Å². The van der Waals surface area contributed by atoms with Gasteiger partial charge in [0.25, 0.3) is 0 Å². The number of nitrogens with one attached hydrogen (secondary N) is 3. The average molecular weight is 783 g/mol. The molecule has 0 aromatic rings. The van der Waals surface area contributed by atoms with Crippen LogP contribution in [0.5, 0.6) is 0 Å². The summed E-state index contributed by atoms with van der Waals surface area (Å²) in [5, 5.41) is 10.3. The van der Waals surface area contributed by atoms with E-state index in [0.717, 1.165) is 68.9 Å². The predicted molar refractivity (Wildman–Crippen MR) is 247 cm³/mol. The van der Waals surface area contributed by atoms with Gasteiger partial charge in [0.1, 0.15) is 6.04 Å². The van der Waals surface area contributed by atoms with Gasteiger partial charge < -0.3 is 20.9 Å². The fraction of sp³-hybridized carbons (Fsp3) is 0.800. The first-order valence-electron chi connectivity index (χ1n) is 22.7. The van der Waals surface area contributed by atoms with Crippen LogP contribution in [0.3, 0.4) is 0 Å². The van der Waals surface area contributed by atoms with Crippen molar-refractivity contribution in [2.45, 2.75) is 199 Å². The Morgan fingerprint density at radius 1 is 0.875 bits per heavy atom. The molecule has 0 aromatic carbocycles. The highest BCUT2D eigenvalue weighted by atomic mass is 16.2. The van der Waals surface area contributed by atoms with Crippen LogP contribution in [-0.2, 0) is 9.59 Å². The van der Waals surface area contributed by atoms with Crippen LogP contribution in [0.4, 0.5) is 0 Å². The van der Waals surface area contributed by atoms with Crippen molar-refractivity contribution in [2.24, 2.45) is 39.9 Å². The topological polar surface area (TPSA) is 73.5 Å². The van der Waals surface area contributed by atoms with Gasteiger partial charge in [-0.2, -0.15) is 0 Å². The molecule has 6 atom stereocenters. The van der Waals surface area contributed by atoms with Crippen LogP contribution >= 0.6 is 0 Å². The molecule has 6 heteroatoms. The minimum atomic E-state index is -0.271. The highest BCUT2D eigenvalue weighted by Gasteiger charge is 2.68. The summed E-state index contributed by atoms with van der Waals surface area (Å²) in [4.78, 5) is 27.6. The van der Waals surface area contributed by atoms with Gasteiger partial charge in [0, 0.05) is 18.5 Å². The van der Waals surface area contributed by atoms with Gasteiger partial charge in [-0.15, -0.1) is 6.58 Å². The standard InChI is InChI=1S/C31H53N3O.C9H16O.C5H10.C3H9N.C2H6/c1-20(2)15-16-24(29(6,7)8)32-22(5)33-27(31(11)17-13-12-14-18-31)28(35)34-19-23-25(30(23,9)10)26(34)21(3)4;1-5-6-8(4)9(10)7(2)3;1-2-5-3-4-5;1-3-4-2;1-2/h23-27,32-33H,1,3,5,12-19H2,2,4,6-11H3;8H,2,5-6H2,1,3-4H3;5H,2-4H2,1H3;4H,3H2,1-2H3;1-2H3/t23-,24?,25-,26?,27?;;;;/m0..../s1. The minimum Gasteiger partial charge on any atom is -0.369 e. The molecule has 56 heavy (non-hydrogen) atoms. The van der Waals surface area contributed by atoms with Crippen molar-refractivity contribution >= 4 is 11.7 Å². The summed E-state index contributed by atoms with van der Waals surface area (Å²) in [5.74, 6) is 3.65. The van der Waals surface area contributed by atoms with Crippen molar-refractivity contribution in [3.8, 4) is 0 Å². The summed E-state index contributed by atoms with van der Waals surface area (Å²) in [6.07, 6.45) is 14.3. The summed E-state index contributed by atoms with van der Waals surface area (Å²) >= 11 is 0. The van der Waals surface area contributed by atoms with E-state index in [-0.39, 0.29) is 46.6 Å². The van der Waals surface area contributed by atoms with Crippen LogP contribution in [0.2, 0.25) is 0 Å². The second kappa shape index (κ2) is 25.2. The summed E-state index contributed by atoms with van der Waals surface area (Å²) in [7, 11) is 1.93. The number of likely N-dealkylation sites (tertiary alicyclic amines) is 1. The number of fused-ring (bicyclic) bond motifs is 1. The fourth-order valence-electron chi connectivity index (χ4n) is 8.48. The lowest BCUT2D eigenvalue weighted by Crippen LogP contribution is -2.58. The molecule has 0 bridgehead atoms. The summed E-state index contributed by atoms with van der Waals surface area (Å²) in [6.45, 7) is 50.4. The van der Waals surface area contributed by atoms with Crippen LogP contribution in [0, 0.1) is 39.9 Å². The van der Waals surface area contributed by atoms with Crippen LogP contribution in [0.25, 0.3) is 0 Å². The summed E-state index contributed by atoms with van der Waals surface area (Å²) < 4.78 is 0. The zero-order valence-corrected chi connectivity index (χ0v) is 40.0. The second-order valence-corrected chi connectivity index (χ2v) is 19.5. The van der Waals surface area contributed by atoms with Gasteiger partial charge in [-0.25, -0.2) is 0 Å². The molecule has 1 amide bonds.